The van der Waals surface area contributed by atoms with Crippen LogP contribution in [0.2, 0.25) is 0 Å². The van der Waals surface area contributed by atoms with Gasteiger partial charge < -0.3 is 11.1 Å². The summed E-state index contributed by atoms with van der Waals surface area (Å²) in [7, 11) is 0. The molecular weight excluding hydrogens is 148 g/mol. The molecule has 2 heteroatoms. The van der Waals surface area contributed by atoms with Gasteiger partial charge in [0.05, 0.1) is 0 Å². The molecule has 0 aromatic rings. The topological polar surface area (TPSA) is 38.0 Å². The maximum absolute atomic E-state index is 5.42. The molecular formula is C10H22N2. The molecule has 2 nitrogen and oxygen atoms in total. The SMILES string of the molecule is CC1CCCC1NCCCCN. The zero-order valence-corrected chi connectivity index (χ0v) is 8.18. The van der Waals surface area contributed by atoms with E-state index < -0.39 is 0 Å². The van der Waals surface area contributed by atoms with Crippen molar-refractivity contribution < 1.29 is 0 Å². The average molecular weight is 170 g/mol. The second-order valence-corrected chi connectivity index (χ2v) is 3.96. The largest absolute Gasteiger partial charge is 0.330 e. The van der Waals surface area contributed by atoms with Gasteiger partial charge in [-0.25, -0.2) is 0 Å². The number of nitrogens with one attached hydrogen (secondary N) is 1. The van der Waals surface area contributed by atoms with Gasteiger partial charge in [0.1, 0.15) is 0 Å². The van der Waals surface area contributed by atoms with Gasteiger partial charge in [-0.3, -0.25) is 0 Å². The van der Waals surface area contributed by atoms with E-state index in [1.54, 1.807) is 0 Å². The Morgan fingerprint density at radius 1 is 1.33 bits per heavy atom. The van der Waals surface area contributed by atoms with E-state index in [9.17, 15) is 0 Å². The van der Waals surface area contributed by atoms with Crippen molar-refractivity contribution in [3.8, 4) is 0 Å². The van der Waals surface area contributed by atoms with Gasteiger partial charge in [0, 0.05) is 6.04 Å². The number of rotatable bonds is 5. The van der Waals surface area contributed by atoms with Crippen molar-refractivity contribution in [2.45, 2.75) is 45.1 Å². The van der Waals surface area contributed by atoms with Crippen molar-refractivity contribution in [2.75, 3.05) is 13.1 Å². The first-order valence-corrected chi connectivity index (χ1v) is 5.28. The second-order valence-electron chi connectivity index (χ2n) is 3.96. The van der Waals surface area contributed by atoms with Crippen LogP contribution in [-0.2, 0) is 0 Å². The van der Waals surface area contributed by atoms with Crippen LogP contribution < -0.4 is 11.1 Å². The van der Waals surface area contributed by atoms with Crippen LogP contribution in [0, 0.1) is 5.92 Å². The molecule has 72 valence electrons. The maximum Gasteiger partial charge on any atom is 0.00926 e. The highest BCUT2D eigenvalue weighted by atomic mass is 14.9. The molecule has 1 saturated carbocycles. The van der Waals surface area contributed by atoms with Gasteiger partial charge in [-0.2, -0.15) is 0 Å². The number of nitrogens with two attached hydrogens (primary N) is 1. The summed E-state index contributed by atoms with van der Waals surface area (Å²) in [5.41, 5.74) is 5.42. The molecule has 0 spiro atoms. The zero-order chi connectivity index (χ0) is 8.81. The molecule has 0 bridgehead atoms. The van der Waals surface area contributed by atoms with E-state index in [1.165, 1.54) is 25.7 Å². The molecule has 3 N–H and O–H groups in total. The molecule has 0 aromatic heterocycles. The molecule has 2 atom stereocenters. The monoisotopic (exact) mass is 170 g/mol. The van der Waals surface area contributed by atoms with E-state index in [-0.39, 0.29) is 0 Å². The summed E-state index contributed by atoms with van der Waals surface area (Å²) >= 11 is 0. The van der Waals surface area contributed by atoms with Crippen molar-refractivity contribution in [1.29, 1.82) is 0 Å². The fourth-order valence-corrected chi connectivity index (χ4v) is 2.01. The predicted molar refractivity (Wildman–Crippen MR) is 53.1 cm³/mol. The summed E-state index contributed by atoms with van der Waals surface area (Å²) in [4.78, 5) is 0. The average Bonchev–Trinajstić information content (AvgIpc) is 2.46. The summed E-state index contributed by atoms with van der Waals surface area (Å²) in [6, 6.07) is 0.794. The lowest BCUT2D eigenvalue weighted by Gasteiger charge is -2.16. The summed E-state index contributed by atoms with van der Waals surface area (Å²) in [5.74, 6) is 0.892. The molecule has 1 rings (SSSR count). The first-order chi connectivity index (χ1) is 5.84. The minimum absolute atomic E-state index is 0.794. The first-order valence-electron chi connectivity index (χ1n) is 5.28. The summed E-state index contributed by atoms with van der Waals surface area (Å²) in [5, 5.41) is 3.61. The lowest BCUT2D eigenvalue weighted by Crippen LogP contribution is -2.32. The fraction of sp³-hybridized carbons (Fsp3) is 1.00. The zero-order valence-electron chi connectivity index (χ0n) is 8.18. The van der Waals surface area contributed by atoms with E-state index in [0.29, 0.717) is 0 Å². The Balaban J connectivity index is 1.98. The van der Waals surface area contributed by atoms with E-state index in [1.807, 2.05) is 0 Å². The van der Waals surface area contributed by atoms with E-state index >= 15 is 0 Å². The third kappa shape index (κ3) is 3.11. The lowest BCUT2D eigenvalue weighted by molar-refractivity contribution is 0.422. The Labute approximate surface area is 75.9 Å². The highest BCUT2D eigenvalue weighted by molar-refractivity contribution is 4.79. The van der Waals surface area contributed by atoms with Crippen molar-refractivity contribution in [3.05, 3.63) is 0 Å². The Bertz CT molecular complexity index is 114. The number of hydrogen-bond acceptors (Lipinski definition) is 2. The Hall–Kier alpha value is -0.0800. The third-order valence-corrected chi connectivity index (χ3v) is 2.90. The highest BCUT2D eigenvalue weighted by Crippen LogP contribution is 2.24. The normalized spacial score (nSPS) is 29.5. The Kier molecular flexibility index (Phi) is 4.62. The molecule has 0 aromatic carbocycles. The standard InChI is InChI=1S/C10H22N2/c1-9-5-4-6-10(9)12-8-3-2-7-11/h9-10,12H,2-8,11H2,1H3. The third-order valence-electron chi connectivity index (χ3n) is 2.90. The quantitative estimate of drug-likeness (QED) is 0.614. The van der Waals surface area contributed by atoms with E-state index in [4.69, 9.17) is 5.73 Å². The van der Waals surface area contributed by atoms with Gasteiger partial charge in [0.25, 0.3) is 0 Å². The smallest absolute Gasteiger partial charge is 0.00926 e. The van der Waals surface area contributed by atoms with Crippen molar-refractivity contribution in [3.63, 3.8) is 0 Å². The Morgan fingerprint density at radius 3 is 2.75 bits per heavy atom. The van der Waals surface area contributed by atoms with Crippen LogP contribution in [0.1, 0.15) is 39.0 Å². The van der Waals surface area contributed by atoms with E-state index in [0.717, 1.165) is 31.5 Å². The van der Waals surface area contributed by atoms with Crippen LogP contribution in [0.25, 0.3) is 0 Å². The van der Waals surface area contributed by atoms with Crippen LogP contribution >= 0.6 is 0 Å². The molecule has 2 unspecified atom stereocenters. The second kappa shape index (κ2) is 5.55. The summed E-state index contributed by atoms with van der Waals surface area (Å²) < 4.78 is 0. The fourth-order valence-electron chi connectivity index (χ4n) is 2.01. The first kappa shape index (κ1) is 10.0. The highest BCUT2D eigenvalue weighted by Gasteiger charge is 2.21. The van der Waals surface area contributed by atoms with Crippen LogP contribution in [-0.4, -0.2) is 19.1 Å². The van der Waals surface area contributed by atoms with Crippen LogP contribution in [0.15, 0.2) is 0 Å². The lowest BCUT2D eigenvalue weighted by atomic mass is 10.1. The molecule has 0 radical (unpaired) electrons. The molecule has 0 aliphatic heterocycles. The molecule has 0 heterocycles. The predicted octanol–water partition coefficient (Wildman–Crippen LogP) is 1.50. The van der Waals surface area contributed by atoms with Gasteiger partial charge in [0.2, 0.25) is 0 Å². The summed E-state index contributed by atoms with van der Waals surface area (Å²) in [6.45, 7) is 4.35. The molecule has 0 saturated heterocycles. The van der Waals surface area contributed by atoms with Gasteiger partial charge in [0.15, 0.2) is 0 Å². The van der Waals surface area contributed by atoms with Crippen LogP contribution in [0.5, 0.6) is 0 Å². The van der Waals surface area contributed by atoms with Crippen molar-refractivity contribution in [2.24, 2.45) is 11.7 Å². The maximum atomic E-state index is 5.42. The summed E-state index contributed by atoms with van der Waals surface area (Å²) in [6.07, 6.45) is 6.60. The van der Waals surface area contributed by atoms with Gasteiger partial charge >= 0.3 is 0 Å². The molecule has 1 aliphatic rings. The van der Waals surface area contributed by atoms with Crippen molar-refractivity contribution >= 4 is 0 Å². The van der Waals surface area contributed by atoms with E-state index in [2.05, 4.69) is 12.2 Å². The van der Waals surface area contributed by atoms with Crippen LogP contribution in [0.3, 0.4) is 0 Å². The minimum Gasteiger partial charge on any atom is -0.330 e. The Morgan fingerprint density at radius 2 is 2.17 bits per heavy atom. The van der Waals surface area contributed by atoms with Gasteiger partial charge in [-0.15, -0.1) is 0 Å². The van der Waals surface area contributed by atoms with Gasteiger partial charge in [-0.05, 0) is 44.7 Å². The molecule has 1 aliphatic carbocycles. The van der Waals surface area contributed by atoms with Crippen LogP contribution in [0.4, 0.5) is 0 Å². The molecule has 12 heavy (non-hydrogen) atoms. The number of unbranched alkanes of at least 4 members (excludes halogenated alkanes) is 1. The van der Waals surface area contributed by atoms with Crippen molar-refractivity contribution in [1.82, 2.24) is 5.32 Å². The number of hydrogen-bond donors (Lipinski definition) is 2. The molecule has 1 fully saturated rings. The minimum atomic E-state index is 0.794. The van der Waals surface area contributed by atoms with Gasteiger partial charge in [-0.1, -0.05) is 13.3 Å². The molecule has 0 amide bonds.